The number of carbonyl (C=O) groups is 4. The molecule has 0 unspecified atom stereocenters. The van der Waals surface area contributed by atoms with E-state index in [4.69, 9.17) is 0 Å². The van der Waals surface area contributed by atoms with Gasteiger partial charge in [0.25, 0.3) is 11.8 Å². The molecule has 3 amide bonds. The van der Waals surface area contributed by atoms with E-state index in [9.17, 15) is 19.2 Å². The highest BCUT2D eigenvalue weighted by molar-refractivity contribution is 6.12. The van der Waals surface area contributed by atoms with Crippen LogP contribution in [0, 0.1) is 0 Å². The summed E-state index contributed by atoms with van der Waals surface area (Å²) in [6.45, 7) is 1.87. The maximum absolute atomic E-state index is 11.3. The number of carbonyl (C=O) groups excluding carboxylic acids is 4. The third kappa shape index (κ3) is 5.46. The van der Waals surface area contributed by atoms with Crippen LogP contribution in [-0.2, 0) is 19.2 Å². The number of imide groups is 1. The summed E-state index contributed by atoms with van der Waals surface area (Å²) < 4.78 is 0. The van der Waals surface area contributed by atoms with E-state index in [0.717, 1.165) is 6.42 Å². The van der Waals surface area contributed by atoms with Crippen LogP contribution in [0.5, 0.6) is 0 Å². The van der Waals surface area contributed by atoms with Crippen LogP contribution in [0.2, 0.25) is 0 Å². The van der Waals surface area contributed by atoms with Gasteiger partial charge < -0.3 is 5.32 Å². The largest absolute Gasteiger partial charge is 0.349 e. The van der Waals surface area contributed by atoms with Crippen molar-refractivity contribution in [1.29, 1.82) is 0 Å². The lowest BCUT2D eigenvalue weighted by molar-refractivity contribution is -0.137. The third-order valence-corrected chi connectivity index (χ3v) is 2.72. The van der Waals surface area contributed by atoms with Crippen molar-refractivity contribution < 1.29 is 19.2 Å². The Morgan fingerprint density at radius 2 is 1.74 bits per heavy atom. The maximum atomic E-state index is 11.3. The first-order valence-corrected chi connectivity index (χ1v) is 6.30. The number of unbranched alkanes of at least 4 members (excludes halogenated alkanes) is 2. The predicted molar refractivity (Wildman–Crippen MR) is 68.0 cm³/mol. The Morgan fingerprint density at radius 1 is 1.11 bits per heavy atom. The van der Waals surface area contributed by atoms with E-state index in [2.05, 4.69) is 5.32 Å². The van der Waals surface area contributed by atoms with E-state index in [1.54, 1.807) is 0 Å². The molecule has 0 aromatic rings. The van der Waals surface area contributed by atoms with E-state index in [1.165, 1.54) is 24.0 Å². The lowest BCUT2D eigenvalue weighted by atomic mass is 10.2. The van der Waals surface area contributed by atoms with Crippen LogP contribution < -0.4 is 5.32 Å². The monoisotopic (exact) mass is 266 g/mol. The van der Waals surface area contributed by atoms with E-state index in [0.29, 0.717) is 25.8 Å². The minimum absolute atomic E-state index is 0.0707. The molecule has 0 bridgehead atoms. The van der Waals surface area contributed by atoms with E-state index < -0.39 is 0 Å². The summed E-state index contributed by atoms with van der Waals surface area (Å²) in [5.41, 5.74) is 0. The van der Waals surface area contributed by atoms with Gasteiger partial charge in [0, 0.05) is 25.1 Å². The van der Waals surface area contributed by atoms with Gasteiger partial charge in [0.15, 0.2) is 0 Å². The van der Waals surface area contributed by atoms with Gasteiger partial charge in [-0.05, 0) is 19.8 Å². The first kappa shape index (κ1) is 15.1. The number of ketones is 1. The van der Waals surface area contributed by atoms with Gasteiger partial charge in [0.2, 0.25) is 5.91 Å². The van der Waals surface area contributed by atoms with E-state index in [1.807, 2.05) is 0 Å². The molecule has 6 nitrogen and oxygen atoms in total. The van der Waals surface area contributed by atoms with Crippen molar-refractivity contribution in [3.63, 3.8) is 0 Å². The molecule has 0 aromatic heterocycles. The molecule has 19 heavy (non-hydrogen) atoms. The Balaban J connectivity index is 2.05. The van der Waals surface area contributed by atoms with Crippen LogP contribution in [-0.4, -0.2) is 41.5 Å². The average molecular weight is 266 g/mol. The fourth-order valence-corrected chi connectivity index (χ4v) is 1.70. The van der Waals surface area contributed by atoms with Crippen LogP contribution in [0.15, 0.2) is 12.2 Å². The van der Waals surface area contributed by atoms with Gasteiger partial charge in [-0.15, -0.1) is 0 Å². The van der Waals surface area contributed by atoms with Crippen molar-refractivity contribution in [3.8, 4) is 0 Å². The molecule has 0 fully saturated rings. The Bertz CT molecular complexity index is 397. The molecular formula is C13H18N2O4. The molecule has 0 aromatic carbocycles. The smallest absolute Gasteiger partial charge is 0.253 e. The van der Waals surface area contributed by atoms with Gasteiger partial charge in [-0.2, -0.15) is 0 Å². The second-order valence-electron chi connectivity index (χ2n) is 4.45. The van der Waals surface area contributed by atoms with Gasteiger partial charge in [-0.1, -0.05) is 6.42 Å². The normalized spacial score (nSPS) is 14.1. The Kier molecular flexibility index (Phi) is 5.92. The average Bonchev–Trinajstić information content (AvgIpc) is 2.67. The maximum Gasteiger partial charge on any atom is 0.253 e. The fraction of sp³-hybridized carbons (Fsp3) is 0.538. The summed E-state index contributed by atoms with van der Waals surface area (Å²) in [7, 11) is 0. The van der Waals surface area contributed by atoms with Crippen molar-refractivity contribution in [2.45, 2.75) is 32.6 Å². The third-order valence-electron chi connectivity index (χ3n) is 2.72. The van der Waals surface area contributed by atoms with Gasteiger partial charge in [-0.25, -0.2) is 0 Å². The first-order chi connectivity index (χ1) is 9.00. The molecule has 0 spiro atoms. The zero-order chi connectivity index (χ0) is 14.3. The number of rotatable bonds is 8. The molecule has 0 atom stereocenters. The highest BCUT2D eigenvalue weighted by Gasteiger charge is 2.22. The predicted octanol–water partition coefficient (Wildman–Crippen LogP) is 0.177. The molecule has 1 heterocycles. The number of hydrogen-bond donors (Lipinski definition) is 1. The van der Waals surface area contributed by atoms with Crippen LogP contribution >= 0.6 is 0 Å². The second-order valence-corrected chi connectivity index (χ2v) is 4.45. The van der Waals surface area contributed by atoms with Crippen LogP contribution in [0.25, 0.3) is 0 Å². The van der Waals surface area contributed by atoms with E-state index >= 15 is 0 Å². The molecule has 1 aliphatic heterocycles. The summed E-state index contributed by atoms with van der Waals surface area (Å²) in [6.07, 6.45) is 4.99. The van der Waals surface area contributed by atoms with Gasteiger partial charge >= 0.3 is 0 Å². The second kappa shape index (κ2) is 7.45. The van der Waals surface area contributed by atoms with Crippen LogP contribution in [0.1, 0.15) is 32.6 Å². The molecule has 0 aliphatic carbocycles. The summed E-state index contributed by atoms with van der Waals surface area (Å²) in [4.78, 5) is 45.6. The minimum atomic E-state index is -0.274. The summed E-state index contributed by atoms with van der Waals surface area (Å²) >= 11 is 0. The standard InChI is InChI=1S/C13H18N2O4/c1-10(16)9-14-11(17)5-3-2-4-8-15-12(18)6-7-13(15)19/h6-7H,2-5,8-9H2,1H3,(H,14,17). The highest BCUT2D eigenvalue weighted by atomic mass is 16.2. The molecular weight excluding hydrogens is 248 g/mol. The molecule has 1 aliphatic rings. The molecule has 0 radical (unpaired) electrons. The number of amides is 3. The summed E-state index contributed by atoms with van der Waals surface area (Å²) in [5.74, 6) is -0.773. The number of hydrogen-bond acceptors (Lipinski definition) is 4. The van der Waals surface area contributed by atoms with Crippen molar-refractivity contribution >= 4 is 23.5 Å². The Labute approximate surface area is 111 Å². The molecule has 0 saturated heterocycles. The molecule has 1 N–H and O–H groups in total. The SMILES string of the molecule is CC(=O)CNC(=O)CCCCCN1C(=O)C=CC1=O. The number of nitrogens with zero attached hydrogens (tertiary/aromatic N) is 1. The number of nitrogens with one attached hydrogen (secondary N) is 1. The molecule has 1 rings (SSSR count). The first-order valence-electron chi connectivity index (χ1n) is 6.30. The quantitative estimate of drug-likeness (QED) is 0.501. The molecule has 104 valence electrons. The van der Waals surface area contributed by atoms with Crippen molar-refractivity contribution in [1.82, 2.24) is 10.2 Å². The van der Waals surface area contributed by atoms with Gasteiger partial charge in [0.1, 0.15) is 5.78 Å². The lowest BCUT2D eigenvalue weighted by Gasteiger charge is -2.12. The Morgan fingerprint density at radius 3 is 2.32 bits per heavy atom. The van der Waals surface area contributed by atoms with Crippen molar-refractivity contribution in [2.75, 3.05) is 13.1 Å². The minimum Gasteiger partial charge on any atom is -0.349 e. The lowest BCUT2D eigenvalue weighted by Crippen LogP contribution is -2.31. The van der Waals surface area contributed by atoms with Crippen LogP contribution in [0.3, 0.4) is 0 Å². The summed E-state index contributed by atoms with van der Waals surface area (Å²) in [5, 5.41) is 2.51. The highest BCUT2D eigenvalue weighted by Crippen LogP contribution is 2.07. The van der Waals surface area contributed by atoms with Crippen LogP contribution in [0.4, 0.5) is 0 Å². The van der Waals surface area contributed by atoms with E-state index in [-0.39, 0.29) is 30.0 Å². The van der Waals surface area contributed by atoms with Gasteiger partial charge in [-0.3, -0.25) is 24.1 Å². The van der Waals surface area contributed by atoms with Crippen molar-refractivity contribution in [2.24, 2.45) is 0 Å². The summed E-state index contributed by atoms with van der Waals surface area (Å²) in [6, 6.07) is 0. The topological polar surface area (TPSA) is 83.6 Å². The fourth-order valence-electron chi connectivity index (χ4n) is 1.70. The van der Waals surface area contributed by atoms with Gasteiger partial charge in [0.05, 0.1) is 6.54 Å². The zero-order valence-corrected chi connectivity index (χ0v) is 11.0. The molecule has 6 heteroatoms. The van der Waals surface area contributed by atoms with Crippen molar-refractivity contribution in [3.05, 3.63) is 12.2 Å². The zero-order valence-electron chi connectivity index (χ0n) is 11.0. The Hall–Kier alpha value is -1.98. The molecule has 0 saturated carbocycles. The number of Topliss-reactive ketones (excluding diaryl/α,β-unsaturated/α-hetero) is 1.